The zero-order valence-corrected chi connectivity index (χ0v) is 20.8. The highest BCUT2D eigenvalue weighted by Gasteiger charge is 2.28. The lowest BCUT2D eigenvalue weighted by atomic mass is 10.1. The lowest BCUT2D eigenvalue weighted by Crippen LogP contribution is -2.56. The molecule has 0 aromatic heterocycles. The van der Waals surface area contributed by atoms with Crippen LogP contribution < -0.4 is 30.7 Å². The van der Waals surface area contributed by atoms with Crippen molar-refractivity contribution < 1.29 is 23.9 Å². The number of thioether (sulfide) groups is 1. The second kappa shape index (κ2) is 13.6. The molecule has 9 nitrogen and oxygen atoms in total. The Hall–Kier alpha value is -3.24. The van der Waals surface area contributed by atoms with Gasteiger partial charge in [0.15, 0.2) is 11.5 Å². The molecule has 1 aliphatic rings. The predicted octanol–water partition coefficient (Wildman–Crippen LogP) is 1.56. The second-order valence-corrected chi connectivity index (χ2v) is 9.18. The first-order chi connectivity index (χ1) is 17.0. The van der Waals surface area contributed by atoms with E-state index in [9.17, 15) is 14.4 Å². The molecule has 2 unspecified atom stereocenters. The molecular formula is C25H32N4O5S. The Morgan fingerprint density at radius 3 is 2.51 bits per heavy atom. The van der Waals surface area contributed by atoms with Crippen molar-refractivity contribution in [2.24, 2.45) is 0 Å². The fraction of sp³-hybridized carbons (Fsp3) is 0.400. The monoisotopic (exact) mass is 500 g/mol. The standard InChI is InChI=1S/C25H32N4O5S/c1-33-20-9-8-17(12-21(20)34-2)10-11-26-24(32)16-35-25-28-19(14-23(31)29-25)13-22(30)27-15-18-6-4-3-5-7-18/h3-9,12,19,25,28H,10-11,13-16H2,1-2H3,(H,26,32)(H,27,30)(H,29,31). The molecule has 3 rings (SSSR count). The van der Waals surface area contributed by atoms with Crippen LogP contribution in [0.4, 0.5) is 0 Å². The molecule has 1 saturated heterocycles. The molecule has 3 amide bonds. The molecule has 0 aliphatic carbocycles. The molecule has 0 bridgehead atoms. The minimum absolute atomic E-state index is 0.127. The lowest BCUT2D eigenvalue weighted by molar-refractivity contribution is -0.125. The van der Waals surface area contributed by atoms with E-state index in [0.29, 0.717) is 31.0 Å². The van der Waals surface area contributed by atoms with E-state index in [4.69, 9.17) is 9.47 Å². The van der Waals surface area contributed by atoms with Crippen LogP contribution >= 0.6 is 11.8 Å². The molecule has 2 atom stereocenters. The number of ether oxygens (including phenoxy) is 2. The smallest absolute Gasteiger partial charge is 0.230 e. The molecule has 35 heavy (non-hydrogen) atoms. The van der Waals surface area contributed by atoms with Gasteiger partial charge in [-0.3, -0.25) is 19.7 Å². The first kappa shape index (κ1) is 26.4. The number of rotatable bonds is 12. The molecule has 1 heterocycles. The zero-order valence-electron chi connectivity index (χ0n) is 20.0. The number of carbonyl (C=O) groups is 3. The van der Waals surface area contributed by atoms with Gasteiger partial charge in [0.05, 0.1) is 20.0 Å². The highest BCUT2D eigenvalue weighted by Crippen LogP contribution is 2.27. The van der Waals surface area contributed by atoms with Crippen LogP contribution in [-0.4, -0.2) is 55.8 Å². The number of hydrogen-bond donors (Lipinski definition) is 4. The Kier molecular flexibility index (Phi) is 10.2. The molecule has 2 aromatic rings. The maximum absolute atomic E-state index is 12.3. The van der Waals surface area contributed by atoms with Gasteiger partial charge in [0.25, 0.3) is 0 Å². The van der Waals surface area contributed by atoms with E-state index in [2.05, 4.69) is 21.3 Å². The fourth-order valence-corrected chi connectivity index (χ4v) is 4.57. The number of hydrogen-bond acceptors (Lipinski definition) is 7. The minimum atomic E-state index is -0.431. The van der Waals surface area contributed by atoms with Crippen LogP contribution in [0.1, 0.15) is 24.0 Å². The molecule has 2 aromatic carbocycles. The van der Waals surface area contributed by atoms with Gasteiger partial charge >= 0.3 is 0 Å². The van der Waals surface area contributed by atoms with Crippen molar-refractivity contribution >= 4 is 29.5 Å². The third kappa shape index (κ3) is 8.80. The normalized spacial score (nSPS) is 17.3. The van der Waals surface area contributed by atoms with Crippen molar-refractivity contribution in [3.05, 3.63) is 59.7 Å². The fourth-order valence-electron chi connectivity index (χ4n) is 3.65. The van der Waals surface area contributed by atoms with Crippen molar-refractivity contribution in [2.75, 3.05) is 26.5 Å². The first-order valence-corrected chi connectivity index (χ1v) is 12.5. The molecule has 0 saturated carbocycles. The van der Waals surface area contributed by atoms with Crippen molar-refractivity contribution in [1.82, 2.24) is 21.3 Å². The van der Waals surface area contributed by atoms with Gasteiger partial charge in [-0.2, -0.15) is 0 Å². The molecule has 4 N–H and O–H groups in total. The number of amides is 3. The summed E-state index contributed by atoms with van der Waals surface area (Å²) in [6.07, 6.45) is 1.05. The SMILES string of the molecule is COc1ccc(CCNC(=O)CSC2NC(=O)CC(CC(=O)NCc3ccccc3)N2)cc1OC. The van der Waals surface area contributed by atoms with Gasteiger partial charge in [0.2, 0.25) is 17.7 Å². The van der Waals surface area contributed by atoms with Gasteiger partial charge in [-0.25, -0.2) is 0 Å². The molecule has 0 spiro atoms. The summed E-state index contributed by atoms with van der Waals surface area (Å²) < 4.78 is 10.5. The number of methoxy groups -OCH3 is 2. The minimum Gasteiger partial charge on any atom is -0.493 e. The van der Waals surface area contributed by atoms with E-state index >= 15 is 0 Å². The summed E-state index contributed by atoms with van der Waals surface area (Å²) >= 11 is 1.28. The van der Waals surface area contributed by atoms with Crippen LogP contribution in [0, 0.1) is 0 Å². The van der Waals surface area contributed by atoms with Crippen molar-refractivity contribution in [3.63, 3.8) is 0 Å². The summed E-state index contributed by atoms with van der Waals surface area (Å²) in [7, 11) is 3.17. The highest BCUT2D eigenvalue weighted by atomic mass is 32.2. The van der Waals surface area contributed by atoms with Gasteiger partial charge in [-0.15, -0.1) is 11.8 Å². The van der Waals surface area contributed by atoms with Gasteiger partial charge in [0, 0.05) is 32.0 Å². The molecule has 0 radical (unpaired) electrons. The summed E-state index contributed by atoms with van der Waals surface area (Å²) in [6, 6.07) is 15.0. The second-order valence-electron chi connectivity index (χ2n) is 8.08. The largest absolute Gasteiger partial charge is 0.493 e. The Morgan fingerprint density at radius 1 is 1.00 bits per heavy atom. The topological polar surface area (TPSA) is 118 Å². The van der Waals surface area contributed by atoms with Gasteiger partial charge in [0.1, 0.15) is 5.50 Å². The van der Waals surface area contributed by atoms with Gasteiger partial charge in [-0.05, 0) is 29.7 Å². The zero-order chi connectivity index (χ0) is 25.0. The van der Waals surface area contributed by atoms with Crippen LogP contribution in [-0.2, 0) is 27.3 Å². The van der Waals surface area contributed by atoms with Crippen molar-refractivity contribution in [1.29, 1.82) is 0 Å². The van der Waals surface area contributed by atoms with Gasteiger partial charge < -0.3 is 25.4 Å². The lowest BCUT2D eigenvalue weighted by Gasteiger charge is -2.30. The van der Waals surface area contributed by atoms with Crippen molar-refractivity contribution in [3.8, 4) is 11.5 Å². The summed E-state index contributed by atoms with van der Waals surface area (Å²) in [5.74, 6) is 1.08. The summed E-state index contributed by atoms with van der Waals surface area (Å²) in [6.45, 7) is 0.920. The summed E-state index contributed by atoms with van der Waals surface area (Å²) in [5, 5.41) is 11.8. The van der Waals surface area contributed by atoms with E-state index in [1.165, 1.54) is 11.8 Å². The average Bonchev–Trinajstić information content (AvgIpc) is 2.86. The van der Waals surface area contributed by atoms with Crippen LogP contribution in [0.3, 0.4) is 0 Å². The third-order valence-corrected chi connectivity index (χ3v) is 6.46. The van der Waals surface area contributed by atoms with E-state index in [0.717, 1.165) is 11.1 Å². The van der Waals surface area contributed by atoms with E-state index in [1.807, 2.05) is 48.5 Å². The molecule has 10 heteroatoms. The average molecular weight is 501 g/mol. The Labute approximate surface area is 209 Å². The van der Waals surface area contributed by atoms with E-state index in [1.54, 1.807) is 14.2 Å². The Balaban J connectivity index is 1.36. The third-order valence-electron chi connectivity index (χ3n) is 5.44. The van der Waals surface area contributed by atoms with Crippen LogP contribution in [0.15, 0.2) is 48.5 Å². The van der Waals surface area contributed by atoms with Crippen molar-refractivity contribution in [2.45, 2.75) is 37.3 Å². The van der Waals surface area contributed by atoms with Crippen LogP contribution in [0.25, 0.3) is 0 Å². The van der Waals surface area contributed by atoms with Crippen LogP contribution in [0.2, 0.25) is 0 Å². The molecular weight excluding hydrogens is 468 g/mol. The predicted molar refractivity (Wildman–Crippen MR) is 135 cm³/mol. The van der Waals surface area contributed by atoms with Gasteiger partial charge in [-0.1, -0.05) is 36.4 Å². The Morgan fingerprint density at radius 2 is 1.77 bits per heavy atom. The first-order valence-electron chi connectivity index (χ1n) is 11.4. The quantitative estimate of drug-likeness (QED) is 0.349. The maximum Gasteiger partial charge on any atom is 0.230 e. The molecule has 1 aliphatic heterocycles. The van der Waals surface area contributed by atoms with E-state index < -0.39 is 5.50 Å². The summed E-state index contributed by atoms with van der Waals surface area (Å²) in [5.41, 5.74) is 1.60. The number of nitrogens with one attached hydrogen (secondary N) is 4. The van der Waals surface area contributed by atoms with Crippen LogP contribution in [0.5, 0.6) is 11.5 Å². The summed E-state index contributed by atoms with van der Waals surface area (Å²) in [4.78, 5) is 36.7. The molecule has 1 fully saturated rings. The molecule has 188 valence electrons. The maximum atomic E-state index is 12.3. The number of benzene rings is 2. The number of carbonyl (C=O) groups excluding carboxylic acids is 3. The Bertz CT molecular complexity index is 1000. The highest BCUT2D eigenvalue weighted by molar-refractivity contribution is 8.00. The van der Waals surface area contributed by atoms with E-state index in [-0.39, 0.29) is 42.4 Å².